The Morgan fingerprint density at radius 2 is 2.36 bits per heavy atom. The summed E-state index contributed by atoms with van der Waals surface area (Å²) in [5, 5.41) is 3.88. The molecule has 0 bridgehead atoms. The number of nitrogens with one attached hydrogen (secondary N) is 1. The van der Waals surface area contributed by atoms with E-state index in [1.165, 1.54) is 18.3 Å². The Labute approximate surface area is 90.7 Å². The fraction of sp³-hybridized carbons (Fsp3) is 0. The molecule has 0 aliphatic carbocycles. The van der Waals surface area contributed by atoms with Gasteiger partial charge in [-0.05, 0) is 24.4 Å². The van der Waals surface area contributed by atoms with Gasteiger partial charge in [-0.1, -0.05) is 17.7 Å². The van der Waals surface area contributed by atoms with Crippen LogP contribution in [0, 0.1) is 5.82 Å². The number of hydrazone groups is 1. The standard InChI is InChI=1S/C8H7ClFN3S/c9-6-2-1-3-7(10)5(6)4-12-13-8(11)14/h1-4H,(H3,11,13,14)/b12-4-. The molecule has 1 aromatic carbocycles. The first kappa shape index (κ1) is 10.9. The first-order valence-electron chi connectivity index (χ1n) is 3.64. The molecule has 0 saturated carbocycles. The Hall–Kier alpha value is -1.20. The van der Waals surface area contributed by atoms with Crippen molar-refractivity contribution in [3.63, 3.8) is 0 Å². The molecule has 0 fully saturated rings. The zero-order valence-electron chi connectivity index (χ0n) is 7.00. The molecule has 0 saturated heterocycles. The highest BCUT2D eigenvalue weighted by molar-refractivity contribution is 7.80. The van der Waals surface area contributed by atoms with Crippen LogP contribution in [0.15, 0.2) is 23.3 Å². The normalized spacial score (nSPS) is 10.4. The van der Waals surface area contributed by atoms with Gasteiger partial charge in [0.1, 0.15) is 5.82 Å². The van der Waals surface area contributed by atoms with E-state index in [4.69, 9.17) is 17.3 Å². The van der Waals surface area contributed by atoms with Crippen molar-refractivity contribution in [1.82, 2.24) is 5.43 Å². The van der Waals surface area contributed by atoms with Crippen LogP contribution in [0.3, 0.4) is 0 Å². The summed E-state index contributed by atoms with van der Waals surface area (Å²) >= 11 is 10.2. The third-order valence-electron chi connectivity index (χ3n) is 1.37. The lowest BCUT2D eigenvalue weighted by Crippen LogP contribution is -2.24. The fourth-order valence-electron chi connectivity index (χ4n) is 0.794. The number of hydrogen-bond acceptors (Lipinski definition) is 2. The molecule has 0 atom stereocenters. The van der Waals surface area contributed by atoms with Crippen molar-refractivity contribution < 1.29 is 4.39 Å². The van der Waals surface area contributed by atoms with Crippen molar-refractivity contribution in [2.24, 2.45) is 10.8 Å². The molecule has 14 heavy (non-hydrogen) atoms. The summed E-state index contributed by atoms with van der Waals surface area (Å²) in [7, 11) is 0. The van der Waals surface area contributed by atoms with Gasteiger partial charge in [0.25, 0.3) is 0 Å². The first-order valence-corrected chi connectivity index (χ1v) is 4.42. The zero-order chi connectivity index (χ0) is 10.6. The van der Waals surface area contributed by atoms with Gasteiger partial charge in [0.05, 0.1) is 11.2 Å². The van der Waals surface area contributed by atoms with Crippen molar-refractivity contribution >= 4 is 35.1 Å². The largest absolute Gasteiger partial charge is 0.375 e. The zero-order valence-corrected chi connectivity index (χ0v) is 8.57. The van der Waals surface area contributed by atoms with E-state index in [1.54, 1.807) is 6.07 Å². The number of rotatable bonds is 2. The van der Waals surface area contributed by atoms with Gasteiger partial charge >= 0.3 is 0 Å². The minimum Gasteiger partial charge on any atom is -0.375 e. The summed E-state index contributed by atoms with van der Waals surface area (Å²) in [6.07, 6.45) is 1.22. The summed E-state index contributed by atoms with van der Waals surface area (Å²) in [4.78, 5) is 0. The Morgan fingerprint density at radius 3 is 2.93 bits per heavy atom. The van der Waals surface area contributed by atoms with E-state index in [2.05, 4.69) is 22.7 Å². The molecule has 0 heterocycles. The Kier molecular flexibility index (Phi) is 3.79. The molecule has 6 heteroatoms. The number of nitrogens with zero attached hydrogens (tertiary/aromatic N) is 1. The summed E-state index contributed by atoms with van der Waals surface area (Å²) in [5.74, 6) is -0.453. The fourth-order valence-corrected chi connectivity index (χ4v) is 1.06. The van der Waals surface area contributed by atoms with Crippen molar-refractivity contribution in [1.29, 1.82) is 0 Å². The SMILES string of the molecule is NC(=S)N/N=C\c1c(F)cccc1Cl. The lowest BCUT2D eigenvalue weighted by atomic mass is 10.2. The quantitative estimate of drug-likeness (QED) is 0.462. The van der Waals surface area contributed by atoms with Crippen LogP contribution in [0.1, 0.15) is 5.56 Å². The number of nitrogens with two attached hydrogens (primary N) is 1. The highest BCUT2D eigenvalue weighted by Crippen LogP contribution is 2.16. The molecule has 0 amide bonds. The smallest absolute Gasteiger partial charge is 0.184 e. The van der Waals surface area contributed by atoms with Gasteiger partial charge in [0, 0.05) is 5.56 Å². The molecule has 0 aliphatic heterocycles. The van der Waals surface area contributed by atoms with Crippen LogP contribution in [-0.2, 0) is 0 Å². The lowest BCUT2D eigenvalue weighted by Gasteiger charge is -1.99. The van der Waals surface area contributed by atoms with E-state index >= 15 is 0 Å². The maximum absolute atomic E-state index is 13.1. The van der Waals surface area contributed by atoms with Crippen LogP contribution >= 0.6 is 23.8 Å². The molecule has 0 radical (unpaired) electrons. The molecule has 3 N–H and O–H groups in total. The third kappa shape index (κ3) is 2.93. The van der Waals surface area contributed by atoms with E-state index < -0.39 is 5.82 Å². The highest BCUT2D eigenvalue weighted by Gasteiger charge is 2.02. The third-order valence-corrected chi connectivity index (χ3v) is 1.79. The summed E-state index contributed by atoms with van der Waals surface area (Å²) in [5.41, 5.74) is 7.61. The molecule has 74 valence electrons. The van der Waals surface area contributed by atoms with Crippen LogP contribution in [0.4, 0.5) is 4.39 Å². The van der Waals surface area contributed by atoms with E-state index in [-0.39, 0.29) is 15.7 Å². The van der Waals surface area contributed by atoms with Crippen LogP contribution in [0.5, 0.6) is 0 Å². The monoisotopic (exact) mass is 231 g/mol. The second-order valence-corrected chi connectivity index (χ2v) is 3.22. The van der Waals surface area contributed by atoms with Crippen molar-refractivity contribution in [2.75, 3.05) is 0 Å². The van der Waals surface area contributed by atoms with Gasteiger partial charge in [0.15, 0.2) is 5.11 Å². The molecule has 0 aromatic heterocycles. The van der Waals surface area contributed by atoms with Crippen LogP contribution in [0.25, 0.3) is 0 Å². The van der Waals surface area contributed by atoms with E-state index in [9.17, 15) is 4.39 Å². The lowest BCUT2D eigenvalue weighted by molar-refractivity contribution is 0.626. The minimum absolute atomic E-state index is 0.00807. The van der Waals surface area contributed by atoms with Crippen LogP contribution in [-0.4, -0.2) is 11.3 Å². The number of thiocarbonyl (C=S) groups is 1. The summed E-state index contributed by atoms with van der Waals surface area (Å²) < 4.78 is 13.1. The predicted octanol–water partition coefficient (Wildman–Crippen LogP) is 1.65. The van der Waals surface area contributed by atoms with Crippen LogP contribution in [0.2, 0.25) is 5.02 Å². The Morgan fingerprint density at radius 1 is 1.64 bits per heavy atom. The number of halogens is 2. The second-order valence-electron chi connectivity index (χ2n) is 2.37. The van der Waals surface area contributed by atoms with Crippen molar-refractivity contribution in [2.45, 2.75) is 0 Å². The maximum Gasteiger partial charge on any atom is 0.184 e. The van der Waals surface area contributed by atoms with Crippen LogP contribution < -0.4 is 11.2 Å². The van der Waals surface area contributed by atoms with E-state index in [0.29, 0.717) is 0 Å². The average Bonchev–Trinajstić information content (AvgIpc) is 2.09. The first-order chi connectivity index (χ1) is 6.61. The van der Waals surface area contributed by atoms with Gasteiger partial charge in [-0.15, -0.1) is 0 Å². The van der Waals surface area contributed by atoms with E-state index in [0.717, 1.165) is 0 Å². The predicted molar refractivity (Wildman–Crippen MR) is 58.9 cm³/mol. The van der Waals surface area contributed by atoms with Crippen molar-refractivity contribution in [3.05, 3.63) is 34.6 Å². The van der Waals surface area contributed by atoms with Gasteiger partial charge in [-0.2, -0.15) is 5.10 Å². The van der Waals surface area contributed by atoms with Crippen molar-refractivity contribution in [3.8, 4) is 0 Å². The number of benzene rings is 1. The maximum atomic E-state index is 13.1. The van der Waals surface area contributed by atoms with Gasteiger partial charge < -0.3 is 5.73 Å². The average molecular weight is 232 g/mol. The molecule has 0 aliphatic rings. The van der Waals surface area contributed by atoms with Gasteiger partial charge in [-0.3, -0.25) is 5.43 Å². The molecule has 0 unspecified atom stereocenters. The minimum atomic E-state index is -0.453. The van der Waals surface area contributed by atoms with Gasteiger partial charge in [0.2, 0.25) is 0 Å². The highest BCUT2D eigenvalue weighted by atomic mass is 35.5. The summed E-state index contributed by atoms with van der Waals surface area (Å²) in [6, 6.07) is 4.36. The Balaban J connectivity index is 2.85. The Bertz CT molecular complexity index is 361. The molecule has 3 nitrogen and oxygen atoms in total. The molecule has 0 spiro atoms. The molecular weight excluding hydrogens is 225 g/mol. The number of hydrogen-bond donors (Lipinski definition) is 2. The second kappa shape index (κ2) is 4.88. The van der Waals surface area contributed by atoms with Gasteiger partial charge in [-0.25, -0.2) is 4.39 Å². The molecule has 1 rings (SSSR count). The van der Waals surface area contributed by atoms with E-state index in [1.807, 2.05) is 0 Å². The topological polar surface area (TPSA) is 50.4 Å². The molecular formula is C8H7ClFN3S. The summed E-state index contributed by atoms with van der Waals surface area (Å²) in [6.45, 7) is 0. The molecule has 1 aromatic rings.